The first kappa shape index (κ1) is 14.3. The van der Waals surface area contributed by atoms with E-state index in [2.05, 4.69) is 5.32 Å². The van der Waals surface area contributed by atoms with Gasteiger partial charge >= 0.3 is 0 Å². The van der Waals surface area contributed by atoms with Crippen LogP contribution in [0.2, 0.25) is 0 Å². The Bertz CT molecular complexity index is 569. The Hall–Kier alpha value is -2.07. The number of rotatable bonds is 5. The molecule has 0 heterocycles. The van der Waals surface area contributed by atoms with Crippen molar-refractivity contribution < 1.29 is 14.2 Å². The number of benzene rings is 2. The molecule has 1 atom stereocenters. The maximum atomic E-state index is 13.1. The second kappa shape index (κ2) is 6.39. The van der Waals surface area contributed by atoms with Crippen LogP contribution in [0.25, 0.3) is 0 Å². The fraction of sp³-hybridized carbons (Fsp3) is 0.250. The van der Waals surface area contributed by atoms with Crippen LogP contribution in [-0.2, 0) is 6.54 Å². The molecule has 3 nitrogen and oxygen atoms in total. The topological polar surface area (TPSA) is 41.5 Å². The van der Waals surface area contributed by atoms with Crippen molar-refractivity contribution in [1.29, 1.82) is 0 Å². The Morgan fingerprint density at radius 2 is 1.90 bits per heavy atom. The molecule has 0 saturated heterocycles. The number of halogens is 1. The molecule has 0 aromatic heterocycles. The van der Waals surface area contributed by atoms with Crippen molar-refractivity contribution in [3.8, 4) is 11.5 Å². The van der Waals surface area contributed by atoms with Crippen molar-refractivity contribution in [3.05, 3.63) is 59.4 Å². The average Bonchev–Trinajstić information content (AvgIpc) is 2.48. The highest BCUT2D eigenvalue weighted by Gasteiger charge is 2.08. The Morgan fingerprint density at radius 3 is 2.55 bits per heavy atom. The number of phenolic OH excluding ortho intramolecular Hbond substituents is 1. The molecule has 20 heavy (non-hydrogen) atoms. The van der Waals surface area contributed by atoms with Gasteiger partial charge in [0.1, 0.15) is 17.3 Å². The molecule has 0 fully saturated rings. The van der Waals surface area contributed by atoms with E-state index in [0.717, 1.165) is 11.3 Å². The largest absolute Gasteiger partial charge is 0.508 e. The quantitative estimate of drug-likeness (QED) is 0.879. The third kappa shape index (κ3) is 3.48. The summed E-state index contributed by atoms with van der Waals surface area (Å²) in [4.78, 5) is 0. The van der Waals surface area contributed by atoms with Gasteiger partial charge in [-0.05, 0) is 42.8 Å². The summed E-state index contributed by atoms with van der Waals surface area (Å²) in [5.74, 6) is 0.557. The number of methoxy groups -OCH3 is 1. The van der Waals surface area contributed by atoms with Gasteiger partial charge in [0.25, 0.3) is 0 Å². The Labute approximate surface area is 118 Å². The van der Waals surface area contributed by atoms with E-state index >= 15 is 0 Å². The molecule has 0 bridgehead atoms. The van der Waals surface area contributed by atoms with E-state index in [-0.39, 0.29) is 17.6 Å². The maximum Gasteiger partial charge on any atom is 0.123 e. The molecule has 0 saturated carbocycles. The number of hydrogen-bond acceptors (Lipinski definition) is 3. The van der Waals surface area contributed by atoms with E-state index in [1.165, 1.54) is 18.2 Å². The molecule has 0 aliphatic rings. The molecule has 1 unspecified atom stereocenters. The van der Waals surface area contributed by atoms with Crippen molar-refractivity contribution in [2.45, 2.75) is 19.5 Å². The third-order valence-corrected chi connectivity index (χ3v) is 3.26. The number of ether oxygens (including phenoxy) is 1. The first-order valence-electron chi connectivity index (χ1n) is 6.45. The van der Waals surface area contributed by atoms with Crippen LogP contribution in [0.4, 0.5) is 4.39 Å². The minimum Gasteiger partial charge on any atom is -0.508 e. The van der Waals surface area contributed by atoms with Gasteiger partial charge in [0, 0.05) is 18.2 Å². The summed E-state index contributed by atoms with van der Waals surface area (Å²) in [6, 6.07) is 11.8. The second-order valence-corrected chi connectivity index (χ2v) is 4.65. The lowest BCUT2D eigenvalue weighted by Crippen LogP contribution is -2.18. The van der Waals surface area contributed by atoms with Gasteiger partial charge in [0.2, 0.25) is 0 Å². The minimum absolute atomic E-state index is 0.0866. The van der Waals surface area contributed by atoms with Gasteiger partial charge < -0.3 is 15.2 Å². The molecule has 0 amide bonds. The van der Waals surface area contributed by atoms with E-state index in [1.54, 1.807) is 7.11 Å². The summed E-state index contributed by atoms with van der Waals surface area (Å²) in [5.41, 5.74) is 1.65. The van der Waals surface area contributed by atoms with Crippen LogP contribution >= 0.6 is 0 Å². The molecular weight excluding hydrogens is 257 g/mol. The van der Waals surface area contributed by atoms with Crippen LogP contribution in [0, 0.1) is 5.82 Å². The Morgan fingerprint density at radius 1 is 1.20 bits per heavy atom. The van der Waals surface area contributed by atoms with Crippen LogP contribution in [0.1, 0.15) is 24.1 Å². The molecule has 2 rings (SSSR count). The second-order valence-electron chi connectivity index (χ2n) is 4.65. The normalized spacial score (nSPS) is 12.2. The molecule has 2 aromatic rings. The van der Waals surface area contributed by atoms with Crippen LogP contribution in [-0.4, -0.2) is 12.2 Å². The zero-order valence-corrected chi connectivity index (χ0v) is 11.6. The number of nitrogens with one attached hydrogen (secondary N) is 1. The molecule has 0 aliphatic heterocycles. The van der Waals surface area contributed by atoms with Gasteiger partial charge in [-0.15, -0.1) is 0 Å². The van der Waals surface area contributed by atoms with E-state index in [0.29, 0.717) is 12.1 Å². The van der Waals surface area contributed by atoms with Crippen LogP contribution < -0.4 is 10.1 Å². The van der Waals surface area contributed by atoms with E-state index < -0.39 is 0 Å². The Kier molecular flexibility index (Phi) is 4.58. The smallest absolute Gasteiger partial charge is 0.123 e. The third-order valence-electron chi connectivity index (χ3n) is 3.26. The molecule has 4 heteroatoms. The first-order chi connectivity index (χ1) is 9.60. The summed E-state index contributed by atoms with van der Waals surface area (Å²) >= 11 is 0. The summed E-state index contributed by atoms with van der Waals surface area (Å²) in [7, 11) is 1.63. The van der Waals surface area contributed by atoms with Gasteiger partial charge in [-0.1, -0.05) is 12.1 Å². The summed E-state index contributed by atoms with van der Waals surface area (Å²) < 4.78 is 18.2. The van der Waals surface area contributed by atoms with E-state index in [1.807, 2.05) is 31.2 Å². The van der Waals surface area contributed by atoms with Crippen molar-refractivity contribution in [2.75, 3.05) is 7.11 Å². The predicted octanol–water partition coefficient (Wildman–Crippen LogP) is 3.39. The van der Waals surface area contributed by atoms with Crippen LogP contribution in [0.15, 0.2) is 42.5 Å². The molecule has 2 aromatic carbocycles. The standard InChI is InChI=1S/C16H18FNO2/c1-11(12-3-6-15(20-2)7-4-12)18-10-13-9-14(17)5-8-16(13)19/h3-9,11,18-19H,10H2,1-2H3. The fourth-order valence-electron chi connectivity index (χ4n) is 1.97. The molecular formula is C16H18FNO2. The van der Waals surface area contributed by atoms with E-state index in [4.69, 9.17) is 4.74 Å². The lowest BCUT2D eigenvalue weighted by atomic mass is 10.1. The zero-order chi connectivity index (χ0) is 14.5. The zero-order valence-electron chi connectivity index (χ0n) is 11.6. The molecule has 0 aliphatic carbocycles. The molecule has 0 radical (unpaired) electrons. The SMILES string of the molecule is COc1ccc(C(C)NCc2cc(F)ccc2O)cc1. The maximum absolute atomic E-state index is 13.1. The van der Waals surface area contributed by atoms with Gasteiger partial charge in [-0.3, -0.25) is 0 Å². The van der Waals surface area contributed by atoms with Crippen LogP contribution in [0.3, 0.4) is 0 Å². The summed E-state index contributed by atoms with van der Waals surface area (Å²) in [6.07, 6.45) is 0. The summed E-state index contributed by atoms with van der Waals surface area (Å²) in [6.45, 7) is 2.41. The van der Waals surface area contributed by atoms with Crippen molar-refractivity contribution in [3.63, 3.8) is 0 Å². The highest BCUT2D eigenvalue weighted by molar-refractivity contribution is 5.33. The van der Waals surface area contributed by atoms with Gasteiger partial charge in [-0.25, -0.2) is 4.39 Å². The van der Waals surface area contributed by atoms with Crippen molar-refractivity contribution >= 4 is 0 Å². The van der Waals surface area contributed by atoms with Crippen molar-refractivity contribution in [1.82, 2.24) is 5.32 Å². The molecule has 106 valence electrons. The lowest BCUT2D eigenvalue weighted by molar-refractivity contribution is 0.414. The predicted molar refractivity (Wildman–Crippen MR) is 76.3 cm³/mol. The first-order valence-corrected chi connectivity index (χ1v) is 6.45. The van der Waals surface area contributed by atoms with Gasteiger partial charge in [0.15, 0.2) is 0 Å². The highest BCUT2D eigenvalue weighted by Crippen LogP contribution is 2.21. The Balaban J connectivity index is 2.00. The van der Waals surface area contributed by atoms with Gasteiger partial charge in [-0.2, -0.15) is 0 Å². The molecule has 2 N–H and O–H groups in total. The number of aromatic hydroxyl groups is 1. The lowest BCUT2D eigenvalue weighted by Gasteiger charge is -2.15. The summed E-state index contributed by atoms with van der Waals surface area (Å²) in [5, 5.41) is 12.9. The molecule has 0 spiro atoms. The van der Waals surface area contributed by atoms with E-state index in [9.17, 15) is 9.50 Å². The fourth-order valence-corrected chi connectivity index (χ4v) is 1.97. The number of hydrogen-bond donors (Lipinski definition) is 2. The van der Waals surface area contributed by atoms with Gasteiger partial charge in [0.05, 0.1) is 7.11 Å². The highest BCUT2D eigenvalue weighted by atomic mass is 19.1. The number of phenols is 1. The monoisotopic (exact) mass is 275 g/mol. The average molecular weight is 275 g/mol. The van der Waals surface area contributed by atoms with Crippen molar-refractivity contribution in [2.24, 2.45) is 0 Å². The van der Waals surface area contributed by atoms with Crippen LogP contribution in [0.5, 0.6) is 11.5 Å². The minimum atomic E-state index is -0.350.